The van der Waals surface area contributed by atoms with Crippen molar-refractivity contribution in [2.75, 3.05) is 6.54 Å². The molecule has 0 radical (unpaired) electrons. The largest absolute Gasteiger partial charge is 0.387 e. The minimum Gasteiger partial charge on any atom is -0.387 e. The second kappa shape index (κ2) is 8.18. The topological polar surface area (TPSA) is 62.2 Å². The predicted octanol–water partition coefficient (Wildman–Crippen LogP) is 4.17. The van der Waals surface area contributed by atoms with Crippen molar-refractivity contribution >= 4 is 44.5 Å². The van der Waals surface area contributed by atoms with E-state index in [1.54, 1.807) is 11.3 Å². The number of thiophene rings is 1. The van der Waals surface area contributed by atoms with Crippen molar-refractivity contribution in [2.45, 2.75) is 12.5 Å². The summed E-state index contributed by atoms with van der Waals surface area (Å²) in [7, 11) is 0. The normalized spacial score (nSPS) is 12.1. The summed E-state index contributed by atoms with van der Waals surface area (Å²) in [6.45, 7) is 0.0688. The molecule has 8 heteroatoms. The minimum atomic E-state index is -0.876. The van der Waals surface area contributed by atoms with Crippen LogP contribution in [0.25, 0.3) is 9.88 Å². The number of aromatic nitrogens is 1. The molecule has 3 rings (SSSR count). The van der Waals surface area contributed by atoms with Crippen LogP contribution in [-0.4, -0.2) is 22.5 Å². The Bertz CT molecular complexity index is 864. The van der Waals surface area contributed by atoms with Crippen LogP contribution in [0, 0.1) is 5.82 Å². The number of benzene rings is 1. The molecule has 1 unspecified atom stereocenters. The summed E-state index contributed by atoms with van der Waals surface area (Å²) in [5.41, 5.74) is 1.25. The van der Waals surface area contributed by atoms with Crippen LogP contribution in [0.5, 0.6) is 0 Å². The smallest absolute Gasteiger partial charge is 0.226 e. The first-order chi connectivity index (χ1) is 12.0. The van der Waals surface area contributed by atoms with Gasteiger partial charge in [-0.2, -0.15) is 0 Å². The average Bonchev–Trinajstić information content (AvgIpc) is 3.22. The minimum absolute atomic E-state index is 0.0688. The van der Waals surface area contributed by atoms with E-state index in [1.165, 1.54) is 35.6 Å². The van der Waals surface area contributed by atoms with Crippen molar-refractivity contribution in [3.63, 3.8) is 0 Å². The van der Waals surface area contributed by atoms with Crippen molar-refractivity contribution in [1.82, 2.24) is 10.3 Å². The van der Waals surface area contributed by atoms with Crippen LogP contribution in [-0.2, 0) is 11.2 Å². The molecule has 3 aromatic rings. The molecule has 0 bridgehead atoms. The molecular formula is C17H14BrFN2O2S2. The summed E-state index contributed by atoms with van der Waals surface area (Å²) >= 11 is 6.49. The monoisotopic (exact) mass is 440 g/mol. The molecule has 0 aliphatic carbocycles. The third-order valence-electron chi connectivity index (χ3n) is 3.42. The van der Waals surface area contributed by atoms with Crippen molar-refractivity contribution < 1.29 is 14.3 Å². The number of hydrogen-bond acceptors (Lipinski definition) is 5. The van der Waals surface area contributed by atoms with Gasteiger partial charge in [-0.05, 0) is 39.7 Å². The van der Waals surface area contributed by atoms with Crippen LogP contribution in [0.2, 0.25) is 0 Å². The summed E-state index contributed by atoms with van der Waals surface area (Å²) in [6.07, 6.45) is -0.724. The number of nitrogens with one attached hydrogen (secondary N) is 1. The molecule has 4 nitrogen and oxygen atoms in total. The van der Waals surface area contributed by atoms with E-state index < -0.39 is 6.10 Å². The Morgan fingerprint density at radius 3 is 2.72 bits per heavy atom. The van der Waals surface area contributed by atoms with E-state index in [2.05, 4.69) is 26.2 Å². The van der Waals surface area contributed by atoms with Crippen LogP contribution in [0.3, 0.4) is 0 Å². The lowest BCUT2D eigenvalue weighted by Gasteiger charge is -2.12. The van der Waals surface area contributed by atoms with E-state index >= 15 is 0 Å². The molecule has 130 valence electrons. The van der Waals surface area contributed by atoms with Crippen LogP contribution in [0.1, 0.15) is 17.4 Å². The van der Waals surface area contributed by atoms with Crippen molar-refractivity contribution in [2.24, 2.45) is 0 Å². The second-order valence-corrected chi connectivity index (χ2v) is 8.01. The summed E-state index contributed by atoms with van der Waals surface area (Å²) in [5.74, 6) is -0.581. The van der Waals surface area contributed by atoms with Crippen molar-refractivity contribution in [3.05, 3.63) is 62.6 Å². The maximum Gasteiger partial charge on any atom is 0.226 e. The first kappa shape index (κ1) is 18.2. The molecule has 2 aromatic heterocycles. The first-order valence-electron chi connectivity index (χ1n) is 7.40. The molecule has 25 heavy (non-hydrogen) atoms. The van der Waals surface area contributed by atoms with Gasteiger partial charge in [0, 0.05) is 21.8 Å². The Morgan fingerprint density at radius 2 is 2.04 bits per heavy atom. The van der Waals surface area contributed by atoms with Gasteiger partial charge in [0.05, 0.1) is 23.1 Å². The van der Waals surface area contributed by atoms with Crippen molar-refractivity contribution in [1.29, 1.82) is 0 Å². The number of thiazole rings is 1. The molecular weight excluding hydrogens is 427 g/mol. The van der Waals surface area contributed by atoms with E-state index in [0.29, 0.717) is 11.3 Å². The fourth-order valence-electron chi connectivity index (χ4n) is 2.17. The number of carbonyl (C=O) groups is 1. The molecule has 0 aliphatic heterocycles. The van der Waals surface area contributed by atoms with Crippen LogP contribution < -0.4 is 5.32 Å². The van der Waals surface area contributed by atoms with Gasteiger partial charge in [-0.25, -0.2) is 9.37 Å². The zero-order chi connectivity index (χ0) is 17.8. The van der Waals surface area contributed by atoms with Crippen molar-refractivity contribution in [3.8, 4) is 9.88 Å². The zero-order valence-corrected chi connectivity index (χ0v) is 16.1. The van der Waals surface area contributed by atoms with Crippen LogP contribution in [0.4, 0.5) is 4.39 Å². The molecule has 0 aliphatic rings. The Kier molecular flexibility index (Phi) is 5.95. The molecule has 1 amide bonds. The van der Waals surface area contributed by atoms with Gasteiger partial charge in [-0.3, -0.25) is 4.79 Å². The van der Waals surface area contributed by atoms with Gasteiger partial charge in [0.25, 0.3) is 0 Å². The van der Waals surface area contributed by atoms with E-state index in [-0.39, 0.29) is 24.7 Å². The van der Waals surface area contributed by atoms with Gasteiger partial charge >= 0.3 is 0 Å². The fourth-order valence-corrected chi connectivity index (χ4v) is 4.49. The Hall–Kier alpha value is -1.61. The highest BCUT2D eigenvalue weighted by Crippen LogP contribution is 2.32. The summed E-state index contributed by atoms with van der Waals surface area (Å²) in [6, 6.07) is 7.54. The van der Waals surface area contributed by atoms with E-state index in [1.807, 2.05) is 16.8 Å². The quantitative estimate of drug-likeness (QED) is 0.604. The van der Waals surface area contributed by atoms with Crippen LogP contribution in [0.15, 0.2) is 45.6 Å². The Morgan fingerprint density at radius 1 is 1.28 bits per heavy atom. The fraction of sp³-hybridized carbons (Fsp3) is 0.176. The number of nitrogens with zero attached hydrogens (tertiary/aromatic N) is 1. The maximum atomic E-state index is 12.9. The van der Waals surface area contributed by atoms with Crippen LogP contribution >= 0.6 is 38.6 Å². The summed E-state index contributed by atoms with van der Waals surface area (Å²) in [4.78, 5) is 17.6. The van der Waals surface area contributed by atoms with E-state index in [4.69, 9.17) is 0 Å². The highest BCUT2D eigenvalue weighted by Gasteiger charge is 2.13. The third kappa shape index (κ3) is 4.94. The van der Waals surface area contributed by atoms with E-state index in [9.17, 15) is 14.3 Å². The predicted molar refractivity (Wildman–Crippen MR) is 101 cm³/mol. The van der Waals surface area contributed by atoms with E-state index in [0.717, 1.165) is 14.4 Å². The summed E-state index contributed by atoms with van der Waals surface area (Å²) < 4.78 is 13.9. The molecule has 2 N–H and O–H groups in total. The molecule has 1 aromatic carbocycles. The highest BCUT2D eigenvalue weighted by atomic mass is 79.9. The number of amides is 1. The van der Waals surface area contributed by atoms with Gasteiger partial charge < -0.3 is 10.4 Å². The van der Waals surface area contributed by atoms with Gasteiger partial charge in [0.2, 0.25) is 5.91 Å². The number of hydrogen-bond donors (Lipinski definition) is 2. The first-order valence-corrected chi connectivity index (χ1v) is 9.95. The zero-order valence-electron chi connectivity index (χ0n) is 12.9. The lowest BCUT2D eigenvalue weighted by Crippen LogP contribution is -2.29. The number of aliphatic hydroxyl groups excluding tert-OH is 1. The van der Waals surface area contributed by atoms with Gasteiger partial charge in [-0.15, -0.1) is 22.7 Å². The van der Waals surface area contributed by atoms with Gasteiger partial charge in [0.1, 0.15) is 10.8 Å². The standard InChI is InChI=1S/C17H14BrFN2O2S2/c18-11-5-15(24-8-11)17-21-13(9-25-17)6-16(23)20-7-14(22)10-1-3-12(19)4-2-10/h1-5,8-9,14,22H,6-7H2,(H,20,23). The Labute approximate surface area is 160 Å². The highest BCUT2D eigenvalue weighted by molar-refractivity contribution is 9.10. The second-order valence-electron chi connectivity index (χ2n) is 5.32. The molecule has 0 saturated carbocycles. The Balaban J connectivity index is 1.52. The molecule has 0 spiro atoms. The number of aliphatic hydroxyl groups is 1. The molecule has 2 heterocycles. The molecule has 0 fully saturated rings. The summed E-state index contributed by atoms with van der Waals surface area (Å²) in [5, 5.41) is 17.4. The SMILES string of the molecule is O=C(Cc1csc(-c2cc(Br)cs2)n1)NCC(O)c1ccc(F)cc1. The lowest BCUT2D eigenvalue weighted by atomic mass is 10.1. The molecule has 0 saturated heterocycles. The lowest BCUT2D eigenvalue weighted by molar-refractivity contribution is -0.120. The number of carbonyl (C=O) groups excluding carboxylic acids is 1. The average molecular weight is 441 g/mol. The number of halogens is 2. The number of rotatable bonds is 6. The molecule has 1 atom stereocenters. The maximum absolute atomic E-state index is 12.9. The van der Waals surface area contributed by atoms with Gasteiger partial charge in [-0.1, -0.05) is 12.1 Å². The third-order valence-corrected chi connectivity index (χ3v) is 6.17. The van der Waals surface area contributed by atoms with Gasteiger partial charge in [0.15, 0.2) is 0 Å².